The number of nitrogens with one attached hydrogen (secondary N) is 2. The molecule has 0 saturated carbocycles. The normalized spacial score (nSPS) is 16.8. The number of rotatable bonds is 5. The van der Waals surface area contributed by atoms with Crippen LogP contribution in [0.2, 0.25) is 10.0 Å². The number of hydrogen-bond donors (Lipinski definition) is 2. The Morgan fingerprint density at radius 2 is 2.08 bits per heavy atom. The second-order valence-electron chi connectivity index (χ2n) is 5.53. The maximum Gasteiger partial charge on any atom is 0.257 e. The molecule has 2 heterocycles. The highest BCUT2D eigenvalue weighted by atomic mass is 35.5. The molecule has 1 aliphatic rings. The first-order valence-corrected chi connectivity index (χ1v) is 8.45. The number of ether oxygens (including phenoxy) is 1. The van der Waals surface area contributed by atoms with Gasteiger partial charge in [-0.05, 0) is 31.0 Å². The average Bonchev–Trinajstić information content (AvgIpc) is 3.10. The fourth-order valence-electron chi connectivity index (χ4n) is 2.50. The van der Waals surface area contributed by atoms with Crippen molar-refractivity contribution in [3.63, 3.8) is 0 Å². The number of aromatic nitrogens is 1. The summed E-state index contributed by atoms with van der Waals surface area (Å²) in [5.74, 6) is -0.321. The van der Waals surface area contributed by atoms with E-state index in [2.05, 4.69) is 15.6 Å². The van der Waals surface area contributed by atoms with Gasteiger partial charge in [-0.25, -0.2) is 0 Å². The summed E-state index contributed by atoms with van der Waals surface area (Å²) in [7, 11) is 0. The van der Waals surface area contributed by atoms with Crippen LogP contribution in [-0.2, 0) is 4.74 Å². The Hall–Kier alpha value is -1.82. The van der Waals surface area contributed by atoms with Gasteiger partial charge in [0.2, 0.25) is 0 Å². The number of halogens is 2. The van der Waals surface area contributed by atoms with Crippen molar-refractivity contribution in [3.05, 3.63) is 52.3 Å². The van der Waals surface area contributed by atoms with Crippen molar-refractivity contribution in [2.45, 2.75) is 18.9 Å². The van der Waals surface area contributed by atoms with Crippen LogP contribution in [0.1, 0.15) is 23.2 Å². The molecule has 0 radical (unpaired) electrons. The lowest BCUT2D eigenvalue weighted by atomic mass is 10.2. The van der Waals surface area contributed by atoms with Gasteiger partial charge < -0.3 is 15.4 Å². The number of benzene rings is 1. The number of para-hydroxylation sites is 1. The molecule has 0 aliphatic carbocycles. The molecule has 3 rings (SSSR count). The number of anilines is 2. The molecule has 5 nitrogen and oxygen atoms in total. The lowest BCUT2D eigenvalue weighted by Gasteiger charge is -2.13. The van der Waals surface area contributed by atoms with Gasteiger partial charge in [0.05, 0.1) is 33.1 Å². The topological polar surface area (TPSA) is 63.2 Å². The van der Waals surface area contributed by atoms with E-state index >= 15 is 0 Å². The van der Waals surface area contributed by atoms with Gasteiger partial charge in [-0.2, -0.15) is 0 Å². The first-order valence-electron chi connectivity index (χ1n) is 7.69. The SMILES string of the molecule is O=C(Nc1c(Cl)cccc1Cl)c1cncc(NCC2CCCO2)c1. The molecule has 126 valence electrons. The van der Waals surface area contributed by atoms with Crippen LogP contribution >= 0.6 is 23.2 Å². The molecular formula is C17H17Cl2N3O2. The highest BCUT2D eigenvalue weighted by Crippen LogP contribution is 2.30. The Morgan fingerprint density at radius 3 is 2.79 bits per heavy atom. The first-order chi connectivity index (χ1) is 11.6. The van der Waals surface area contributed by atoms with Gasteiger partial charge in [0, 0.05) is 25.5 Å². The second kappa shape index (κ2) is 7.83. The van der Waals surface area contributed by atoms with E-state index in [1.807, 2.05) is 0 Å². The van der Waals surface area contributed by atoms with E-state index in [0.717, 1.165) is 25.1 Å². The molecule has 1 aromatic carbocycles. The van der Waals surface area contributed by atoms with Crippen molar-refractivity contribution in [3.8, 4) is 0 Å². The minimum atomic E-state index is -0.321. The summed E-state index contributed by atoms with van der Waals surface area (Å²) in [6.45, 7) is 1.51. The minimum absolute atomic E-state index is 0.212. The Labute approximate surface area is 150 Å². The van der Waals surface area contributed by atoms with E-state index in [1.54, 1.807) is 30.5 Å². The van der Waals surface area contributed by atoms with E-state index in [0.29, 0.717) is 27.8 Å². The number of hydrogen-bond acceptors (Lipinski definition) is 4. The first kappa shape index (κ1) is 17.0. The van der Waals surface area contributed by atoms with Crippen LogP contribution in [0, 0.1) is 0 Å². The van der Waals surface area contributed by atoms with Gasteiger partial charge in [-0.15, -0.1) is 0 Å². The highest BCUT2D eigenvalue weighted by molar-refractivity contribution is 6.40. The number of pyridine rings is 1. The van der Waals surface area contributed by atoms with Gasteiger partial charge in [0.1, 0.15) is 0 Å². The predicted molar refractivity (Wildman–Crippen MR) is 96.1 cm³/mol. The molecule has 7 heteroatoms. The highest BCUT2D eigenvalue weighted by Gasteiger charge is 2.16. The summed E-state index contributed by atoms with van der Waals surface area (Å²) in [4.78, 5) is 16.5. The number of amides is 1. The minimum Gasteiger partial charge on any atom is -0.381 e. The van der Waals surface area contributed by atoms with E-state index in [-0.39, 0.29) is 12.0 Å². The molecule has 1 saturated heterocycles. The second-order valence-corrected chi connectivity index (χ2v) is 6.34. The van der Waals surface area contributed by atoms with Crippen LogP contribution in [0.3, 0.4) is 0 Å². The van der Waals surface area contributed by atoms with Crippen LogP contribution in [0.25, 0.3) is 0 Å². The molecule has 0 spiro atoms. The third-order valence-corrected chi connectivity index (χ3v) is 4.39. The Morgan fingerprint density at radius 1 is 1.29 bits per heavy atom. The van der Waals surface area contributed by atoms with Gasteiger partial charge in [-0.1, -0.05) is 29.3 Å². The Bertz CT molecular complexity index is 713. The maximum atomic E-state index is 12.4. The van der Waals surface area contributed by atoms with Crippen molar-refractivity contribution in [1.82, 2.24) is 4.98 Å². The lowest BCUT2D eigenvalue weighted by Crippen LogP contribution is -2.19. The third-order valence-electron chi connectivity index (χ3n) is 3.76. The van der Waals surface area contributed by atoms with E-state index < -0.39 is 0 Å². The van der Waals surface area contributed by atoms with Crippen molar-refractivity contribution in [2.24, 2.45) is 0 Å². The number of nitrogens with zero attached hydrogens (tertiary/aromatic N) is 1. The van der Waals surface area contributed by atoms with Crippen LogP contribution in [0.15, 0.2) is 36.7 Å². The monoisotopic (exact) mass is 365 g/mol. The maximum absolute atomic E-state index is 12.4. The number of carbonyl (C=O) groups excluding carboxylic acids is 1. The van der Waals surface area contributed by atoms with Crippen molar-refractivity contribution in [2.75, 3.05) is 23.8 Å². The standard InChI is InChI=1S/C17H17Cl2N3O2/c18-14-4-1-5-15(19)16(14)22-17(23)11-7-12(9-20-8-11)21-10-13-3-2-6-24-13/h1,4-5,7-9,13,21H,2-3,6,10H2,(H,22,23). The zero-order valence-electron chi connectivity index (χ0n) is 12.9. The zero-order chi connectivity index (χ0) is 16.9. The van der Waals surface area contributed by atoms with Crippen LogP contribution in [-0.4, -0.2) is 30.1 Å². The summed E-state index contributed by atoms with van der Waals surface area (Å²) in [6.07, 6.45) is 5.52. The largest absolute Gasteiger partial charge is 0.381 e. The smallest absolute Gasteiger partial charge is 0.257 e. The zero-order valence-corrected chi connectivity index (χ0v) is 14.4. The molecule has 1 amide bonds. The van der Waals surface area contributed by atoms with Crippen LogP contribution in [0.5, 0.6) is 0 Å². The van der Waals surface area contributed by atoms with Crippen molar-refractivity contribution < 1.29 is 9.53 Å². The fraction of sp³-hybridized carbons (Fsp3) is 0.294. The average molecular weight is 366 g/mol. The van der Waals surface area contributed by atoms with Crippen molar-refractivity contribution in [1.29, 1.82) is 0 Å². The van der Waals surface area contributed by atoms with Crippen LogP contribution < -0.4 is 10.6 Å². The summed E-state index contributed by atoms with van der Waals surface area (Å²) in [5, 5.41) is 6.74. The fourth-order valence-corrected chi connectivity index (χ4v) is 2.99. The van der Waals surface area contributed by atoms with Crippen molar-refractivity contribution >= 4 is 40.5 Å². The van der Waals surface area contributed by atoms with Gasteiger partial charge >= 0.3 is 0 Å². The quantitative estimate of drug-likeness (QED) is 0.831. The lowest BCUT2D eigenvalue weighted by molar-refractivity contribution is 0.102. The Balaban J connectivity index is 1.67. The summed E-state index contributed by atoms with van der Waals surface area (Å²) < 4.78 is 5.57. The van der Waals surface area contributed by atoms with Gasteiger partial charge in [0.25, 0.3) is 5.91 Å². The molecule has 1 unspecified atom stereocenters. The molecule has 1 fully saturated rings. The van der Waals surface area contributed by atoms with E-state index in [9.17, 15) is 4.79 Å². The molecular weight excluding hydrogens is 349 g/mol. The summed E-state index contributed by atoms with van der Waals surface area (Å²) in [5.41, 5.74) is 1.58. The molecule has 1 atom stereocenters. The van der Waals surface area contributed by atoms with E-state index in [4.69, 9.17) is 27.9 Å². The third kappa shape index (κ3) is 4.17. The molecule has 24 heavy (non-hydrogen) atoms. The van der Waals surface area contributed by atoms with Gasteiger partial charge in [0.15, 0.2) is 0 Å². The van der Waals surface area contributed by atoms with Crippen LogP contribution in [0.4, 0.5) is 11.4 Å². The predicted octanol–water partition coefficient (Wildman–Crippen LogP) is 4.23. The Kier molecular flexibility index (Phi) is 5.56. The van der Waals surface area contributed by atoms with E-state index in [1.165, 1.54) is 6.20 Å². The molecule has 2 N–H and O–H groups in total. The molecule has 1 aromatic heterocycles. The summed E-state index contributed by atoms with van der Waals surface area (Å²) in [6, 6.07) is 6.79. The van der Waals surface area contributed by atoms with Gasteiger partial charge in [-0.3, -0.25) is 9.78 Å². The molecule has 0 bridgehead atoms. The molecule has 2 aromatic rings. The summed E-state index contributed by atoms with van der Waals surface area (Å²) >= 11 is 12.1. The molecule has 1 aliphatic heterocycles. The number of carbonyl (C=O) groups is 1.